The van der Waals surface area contributed by atoms with Crippen LogP contribution in [-0.4, -0.2) is 10.5 Å². The van der Waals surface area contributed by atoms with Gasteiger partial charge in [0, 0.05) is 16.7 Å². The van der Waals surface area contributed by atoms with Gasteiger partial charge >= 0.3 is 0 Å². The number of thioether (sulfide) groups is 1. The van der Waals surface area contributed by atoms with E-state index in [9.17, 15) is 0 Å². The molecule has 1 unspecified atom stereocenters. The Balaban J connectivity index is 1.75. The van der Waals surface area contributed by atoms with Crippen molar-refractivity contribution in [1.29, 1.82) is 0 Å². The number of rotatable bonds is 4. The topological polar surface area (TPSA) is 51.4 Å². The van der Waals surface area contributed by atoms with Gasteiger partial charge in [-0.15, -0.1) is 0 Å². The molecule has 156 valence electrons. The highest BCUT2D eigenvalue weighted by Gasteiger charge is 2.32. The van der Waals surface area contributed by atoms with Crippen LogP contribution >= 0.6 is 11.8 Å². The molecule has 0 spiro atoms. The Morgan fingerprint density at radius 2 is 1.80 bits per heavy atom. The van der Waals surface area contributed by atoms with Gasteiger partial charge in [-0.05, 0) is 47.2 Å². The third kappa shape index (κ3) is 3.92. The van der Waals surface area contributed by atoms with Crippen molar-refractivity contribution in [3.63, 3.8) is 0 Å². The largest absolute Gasteiger partial charge is 0.437 e. The van der Waals surface area contributed by atoms with E-state index in [4.69, 9.17) is 10.5 Å². The summed E-state index contributed by atoms with van der Waals surface area (Å²) in [4.78, 5) is 7.88. The van der Waals surface area contributed by atoms with E-state index in [2.05, 4.69) is 68.8 Å². The van der Waals surface area contributed by atoms with Crippen LogP contribution in [0.4, 0.5) is 11.4 Å². The molecule has 4 nitrogen and oxygen atoms in total. The van der Waals surface area contributed by atoms with Gasteiger partial charge in [0.1, 0.15) is 16.9 Å². The van der Waals surface area contributed by atoms with Crippen LogP contribution in [0.3, 0.4) is 0 Å². The number of nitrogens with zero attached hydrogens (tertiary/aromatic N) is 2. The smallest absolute Gasteiger partial charge is 0.243 e. The molecule has 0 fully saturated rings. The number of aromatic nitrogens is 1. The number of hydrogen-bond acceptors (Lipinski definition) is 5. The lowest BCUT2D eigenvalue weighted by molar-refractivity contribution is 0.440. The second kappa shape index (κ2) is 7.97. The Labute approximate surface area is 183 Å². The highest BCUT2D eigenvalue weighted by atomic mass is 32.2. The van der Waals surface area contributed by atoms with Crippen molar-refractivity contribution in [1.82, 2.24) is 4.98 Å². The van der Waals surface area contributed by atoms with Crippen molar-refractivity contribution in [2.24, 2.45) is 5.73 Å². The van der Waals surface area contributed by atoms with Gasteiger partial charge in [-0.25, -0.2) is 4.98 Å². The number of hydrogen-bond donors (Lipinski definition) is 1. The van der Waals surface area contributed by atoms with E-state index in [0.29, 0.717) is 11.8 Å². The second-order valence-electron chi connectivity index (χ2n) is 8.94. The van der Waals surface area contributed by atoms with Crippen LogP contribution in [0.1, 0.15) is 51.7 Å². The lowest BCUT2D eigenvalue weighted by atomic mass is 9.86. The number of ether oxygens (including phenoxy) is 1. The van der Waals surface area contributed by atoms with Crippen LogP contribution in [0, 0.1) is 0 Å². The highest BCUT2D eigenvalue weighted by molar-refractivity contribution is 8.00. The summed E-state index contributed by atoms with van der Waals surface area (Å²) < 4.78 is 6.39. The third-order valence-electron chi connectivity index (χ3n) is 5.32. The molecule has 0 bridgehead atoms. The summed E-state index contributed by atoms with van der Waals surface area (Å²) in [5, 5.41) is 0. The van der Waals surface area contributed by atoms with Crippen LogP contribution in [0.15, 0.2) is 65.7 Å². The first kappa shape index (κ1) is 20.8. The van der Waals surface area contributed by atoms with E-state index in [1.165, 1.54) is 10.5 Å². The minimum atomic E-state index is -0.230. The predicted molar refractivity (Wildman–Crippen MR) is 126 cm³/mol. The molecule has 0 saturated carbocycles. The normalized spacial score (nSPS) is 16.1. The summed E-state index contributed by atoms with van der Waals surface area (Å²) in [6.45, 7) is 11.0. The summed E-state index contributed by atoms with van der Waals surface area (Å²) in [7, 11) is 0. The van der Waals surface area contributed by atoms with Gasteiger partial charge in [-0.3, -0.25) is 0 Å². The van der Waals surface area contributed by atoms with Crippen LogP contribution in [0.5, 0.6) is 11.6 Å². The van der Waals surface area contributed by atoms with Gasteiger partial charge in [0.25, 0.3) is 0 Å². The first-order chi connectivity index (χ1) is 14.3. The molecule has 2 aromatic carbocycles. The lowest BCUT2D eigenvalue weighted by Gasteiger charge is -2.27. The van der Waals surface area contributed by atoms with Gasteiger partial charge in [-0.2, -0.15) is 0 Å². The Hall–Kier alpha value is -2.50. The standard InChI is InChI=1S/C25H29N3OS/c1-16(2)17-12-13-19-22(15-17)30-24(26)28(19)20-10-8-14-27-23(20)29-21-11-7-6-9-18(21)25(3,4)5/h6-16,24H,26H2,1-5H3. The highest BCUT2D eigenvalue weighted by Crippen LogP contribution is 2.49. The predicted octanol–water partition coefficient (Wildman–Crippen LogP) is 6.78. The molecule has 0 aliphatic carbocycles. The van der Waals surface area contributed by atoms with E-state index >= 15 is 0 Å². The molecule has 2 heterocycles. The zero-order chi connectivity index (χ0) is 21.5. The summed E-state index contributed by atoms with van der Waals surface area (Å²) in [6, 6.07) is 18.7. The number of benzene rings is 2. The van der Waals surface area contributed by atoms with Crippen LogP contribution in [0.25, 0.3) is 0 Å². The molecule has 5 heteroatoms. The molecule has 1 aliphatic heterocycles. The molecule has 2 N–H and O–H groups in total. The summed E-state index contributed by atoms with van der Waals surface area (Å²) in [6.07, 6.45) is 1.76. The molecular weight excluding hydrogens is 390 g/mol. The summed E-state index contributed by atoms with van der Waals surface area (Å²) in [5.41, 5.74) is 10.7. The maximum Gasteiger partial charge on any atom is 0.243 e. The van der Waals surface area contributed by atoms with Crippen LogP contribution < -0.4 is 15.4 Å². The Kier molecular flexibility index (Phi) is 5.51. The molecular formula is C25H29N3OS. The molecule has 1 aromatic heterocycles. The third-order valence-corrected chi connectivity index (χ3v) is 6.36. The molecule has 1 aliphatic rings. The van der Waals surface area contributed by atoms with E-state index in [-0.39, 0.29) is 10.9 Å². The number of para-hydroxylation sites is 1. The number of anilines is 2. The number of fused-ring (bicyclic) bond motifs is 1. The molecule has 0 amide bonds. The maximum atomic E-state index is 6.55. The Morgan fingerprint density at radius 1 is 1.03 bits per heavy atom. The average molecular weight is 420 g/mol. The Bertz CT molecular complexity index is 1060. The van der Waals surface area contributed by atoms with Crippen molar-refractivity contribution in [3.8, 4) is 11.6 Å². The molecule has 0 radical (unpaired) electrons. The van der Waals surface area contributed by atoms with Crippen LogP contribution in [0.2, 0.25) is 0 Å². The van der Waals surface area contributed by atoms with Gasteiger partial charge in [0.2, 0.25) is 5.88 Å². The summed E-state index contributed by atoms with van der Waals surface area (Å²) >= 11 is 1.67. The van der Waals surface area contributed by atoms with Crippen molar-refractivity contribution < 1.29 is 4.74 Å². The van der Waals surface area contributed by atoms with Gasteiger partial charge in [-0.1, -0.05) is 70.6 Å². The van der Waals surface area contributed by atoms with Gasteiger partial charge in [0.15, 0.2) is 0 Å². The zero-order valence-electron chi connectivity index (χ0n) is 18.2. The van der Waals surface area contributed by atoms with E-state index < -0.39 is 0 Å². The van der Waals surface area contributed by atoms with E-state index in [1.807, 2.05) is 30.3 Å². The molecule has 0 saturated heterocycles. The molecule has 30 heavy (non-hydrogen) atoms. The quantitative estimate of drug-likeness (QED) is 0.505. The van der Waals surface area contributed by atoms with Crippen molar-refractivity contribution in [3.05, 3.63) is 71.9 Å². The lowest BCUT2D eigenvalue weighted by Crippen LogP contribution is -2.32. The SMILES string of the molecule is CC(C)c1ccc2c(c1)SC(N)N2c1cccnc1Oc1ccccc1C(C)(C)C. The van der Waals surface area contributed by atoms with Crippen molar-refractivity contribution in [2.45, 2.75) is 56.3 Å². The van der Waals surface area contributed by atoms with Crippen LogP contribution in [-0.2, 0) is 5.41 Å². The van der Waals surface area contributed by atoms with Crippen molar-refractivity contribution in [2.75, 3.05) is 4.90 Å². The number of nitrogens with two attached hydrogens (primary N) is 1. The van der Waals surface area contributed by atoms with Crippen molar-refractivity contribution >= 4 is 23.1 Å². The average Bonchev–Trinajstić information content (AvgIpc) is 3.03. The zero-order valence-corrected chi connectivity index (χ0v) is 19.0. The Morgan fingerprint density at radius 3 is 2.53 bits per heavy atom. The number of pyridine rings is 1. The van der Waals surface area contributed by atoms with E-state index in [0.717, 1.165) is 22.7 Å². The minimum absolute atomic E-state index is 0.0364. The van der Waals surface area contributed by atoms with Gasteiger partial charge in [0.05, 0.1) is 5.69 Å². The molecule has 3 aromatic rings. The fourth-order valence-corrected chi connectivity index (χ4v) is 4.78. The monoisotopic (exact) mass is 419 g/mol. The first-order valence-corrected chi connectivity index (χ1v) is 11.2. The molecule has 4 rings (SSSR count). The second-order valence-corrected chi connectivity index (χ2v) is 10.1. The fraction of sp³-hybridized carbons (Fsp3) is 0.320. The maximum absolute atomic E-state index is 6.55. The van der Waals surface area contributed by atoms with Gasteiger partial charge < -0.3 is 15.4 Å². The fourth-order valence-electron chi connectivity index (χ4n) is 3.69. The van der Waals surface area contributed by atoms with E-state index in [1.54, 1.807) is 18.0 Å². The molecule has 1 atom stereocenters. The minimum Gasteiger partial charge on any atom is -0.437 e. The first-order valence-electron chi connectivity index (χ1n) is 10.3. The summed E-state index contributed by atoms with van der Waals surface area (Å²) in [5.74, 6) is 1.86.